The number of aromatic nitrogens is 2. The van der Waals surface area contributed by atoms with Crippen LogP contribution in [-0.4, -0.2) is 70.6 Å². The highest BCUT2D eigenvalue weighted by molar-refractivity contribution is 7.66. The fraction of sp³-hybridized carbons (Fsp3) is 0.458. The predicted octanol–water partition coefficient (Wildman–Crippen LogP) is 1.45. The number of phosphoric acid groups is 3. The molecule has 6 atom stereocenters. The van der Waals surface area contributed by atoms with Crippen LogP contribution < -0.4 is 16.6 Å². The second-order valence-corrected chi connectivity index (χ2v) is 14.5. The molecule has 3 rings (SSSR count). The van der Waals surface area contributed by atoms with Gasteiger partial charge >= 0.3 is 35.3 Å². The van der Waals surface area contributed by atoms with Crippen molar-refractivity contribution in [3.63, 3.8) is 0 Å². The van der Waals surface area contributed by atoms with Gasteiger partial charge in [0.2, 0.25) is 0 Å². The number of para-hydroxylation sites is 1. The number of benzene rings is 1. The second-order valence-electron chi connectivity index (χ2n) is 10.1. The highest BCUT2D eigenvalue weighted by atomic mass is 31.3. The first-order valence-electron chi connectivity index (χ1n) is 13.9. The zero-order chi connectivity index (χ0) is 36.6. The zero-order valence-corrected chi connectivity index (χ0v) is 27.9. The minimum absolute atomic E-state index is 0.153. The van der Waals surface area contributed by atoms with Gasteiger partial charge in [-0.1, -0.05) is 24.0 Å². The molecule has 1 aromatic heterocycles. The van der Waals surface area contributed by atoms with Crippen LogP contribution in [0.1, 0.15) is 56.1 Å². The van der Waals surface area contributed by atoms with E-state index in [0.29, 0.717) is 12.8 Å². The minimum Gasteiger partial charge on any atom is -0.441 e. The van der Waals surface area contributed by atoms with Gasteiger partial charge < -0.3 is 39.5 Å². The van der Waals surface area contributed by atoms with E-state index in [4.69, 9.17) is 19.3 Å². The lowest BCUT2D eigenvalue weighted by Gasteiger charge is -2.19. The lowest BCUT2D eigenvalue weighted by Crippen LogP contribution is -2.33. The first-order chi connectivity index (χ1) is 22.8. The summed E-state index contributed by atoms with van der Waals surface area (Å²) in [5.41, 5.74) is -1.87. The number of nitro groups is 1. The third kappa shape index (κ3) is 12.7. The molecule has 2 aromatic rings. The standard InChI is InChI=1S/C24H31N4O18P3/c1-15(17-9-5-6-10-18(17)28(33)34)43-24(32)25-11-7-3-2-4-8-16-13-27(23(31)26-22(16)30)21-12-19(29)20(44-21)14-42-48(38,39)46-49(40,41)45-47(35,36)37/h5-6,9-10,13,15,19-21,29H,2-3,7,11-12,14H2,1H3,(H,25,32)(H,38,39)(H,40,41)(H,26,30,31)(H2,35,36,37)/t15?,19-,20+,21+/m0/s1. The molecule has 1 saturated heterocycles. The van der Waals surface area contributed by atoms with Crippen LogP contribution in [0.5, 0.6) is 0 Å². The number of nitrogens with one attached hydrogen (secondary N) is 2. The Balaban J connectivity index is 1.49. The maximum atomic E-state index is 12.4. The Kier molecular flexibility index (Phi) is 13.8. The topological polar surface area (TPSA) is 326 Å². The van der Waals surface area contributed by atoms with Crippen LogP contribution in [-0.2, 0) is 36.3 Å². The van der Waals surface area contributed by atoms with Gasteiger partial charge in [0.15, 0.2) is 0 Å². The molecule has 2 heterocycles. The van der Waals surface area contributed by atoms with Crippen LogP contribution in [0, 0.1) is 22.0 Å². The first kappa shape index (κ1) is 39.9. The molecule has 1 aromatic carbocycles. The number of phosphoric ester groups is 1. The molecule has 49 heavy (non-hydrogen) atoms. The monoisotopic (exact) mass is 756 g/mol. The molecule has 270 valence electrons. The average Bonchev–Trinajstić information content (AvgIpc) is 3.34. The first-order valence-corrected chi connectivity index (χ1v) is 18.4. The smallest absolute Gasteiger partial charge is 0.441 e. The van der Waals surface area contributed by atoms with E-state index < -0.39 is 76.9 Å². The Hall–Kier alpha value is -3.54. The summed E-state index contributed by atoms with van der Waals surface area (Å²) in [5, 5.41) is 24.0. The van der Waals surface area contributed by atoms with Crippen molar-refractivity contribution in [3.05, 3.63) is 72.5 Å². The molecule has 0 aliphatic carbocycles. The van der Waals surface area contributed by atoms with Crippen LogP contribution >= 0.6 is 23.5 Å². The van der Waals surface area contributed by atoms with Crippen LogP contribution in [0.15, 0.2) is 40.1 Å². The van der Waals surface area contributed by atoms with E-state index >= 15 is 0 Å². The number of carbonyl (C=O) groups is 1. The van der Waals surface area contributed by atoms with E-state index in [1.54, 1.807) is 6.07 Å². The second kappa shape index (κ2) is 16.9. The number of aliphatic hydroxyl groups is 1. The van der Waals surface area contributed by atoms with E-state index in [-0.39, 0.29) is 36.2 Å². The molecule has 1 amide bonds. The Morgan fingerprint density at radius 2 is 1.86 bits per heavy atom. The van der Waals surface area contributed by atoms with Gasteiger partial charge in [-0.15, -0.1) is 0 Å². The van der Waals surface area contributed by atoms with Crippen molar-refractivity contribution in [1.29, 1.82) is 0 Å². The average molecular weight is 756 g/mol. The number of amides is 1. The highest BCUT2D eigenvalue weighted by Crippen LogP contribution is 2.66. The molecular formula is C24H31N4O18P3. The zero-order valence-electron chi connectivity index (χ0n) is 25.2. The van der Waals surface area contributed by atoms with Crippen LogP contribution in [0.2, 0.25) is 0 Å². The number of hydrogen-bond donors (Lipinski definition) is 7. The lowest BCUT2D eigenvalue weighted by molar-refractivity contribution is -0.386. The maximum absolute atomic E-state index is 12.4. The number of aromatic amines is 1. The number of rotatable bonds is 15. The molecule has 7 N–H and O–H groups in total. The molecule has 0 saturated carbocycles. The number of aliphatic hydroxyl groups excluding tert-OH is 1. The van der Waals surface area contributed by atoms with Crippen molar-refractivity contribution in [2.24, 2.45) is 0 Å². The van der Waals surface area contributed by atoms with Gasteiger partial charge in [-0.25, -0.2) is 23.3 Å². The van der Waals surface area contributed by atoms with Crippen LogP contribution in [0.3, 0.4) is 0 Å². The quantitative estimate of drug-likeness (QED) is 0.0444. The SMILES string of the molecule is CC(OC(=O)NCCCCC#Cc1cn([C@H]2C[C@H](O)[C@@H](COP(=O)(O)OP(=O)(O)OP(=O)(O)O)O2)c(=O)[nH]c1=O)c1ccccc1[N+](=O)[O-]. The van der Waals surface area contributed by atoms with Crippen LogP contribution in [0.4, 0.5) is 10.5 Å². The normalized spacial score (nSPS) is 20.7. The van der Waals surface area contributed by atoms with Gasteiger partial charge in [-0.3, -0.25) is 29.0 Å². The maximum Gasteiger partial charge on any atom is 0.490 e. The number of alkyl carbamates (subject to hydrolysis) is 1. The number of hydrogen-bond acceptors (Lipinski definition) is 14. The third-order valence-electron chi connectivity index (χ3n) is 6.38. The number of carbonyl (C=O) groups excluding carboxylic acids is 1. The lowest BCUT2D eigenvalue weighted by atomic mass is 10.1. The fourth-order valence-electron chi connectivity index (χ4n) is 4.24. The summed E-state index contributed by atoms with van der Waals surface area (Å²) < 4.78 is 57.4. The van der Waals surface area contributed by atoms with Crippen molar-refractivity contribution in [1.82, 2.24) is 14.9 Å². The van der Waals surface area contributed by atoms with E-state index in [1.165, 1.54) is 25.1 Å². The van der Waals surface area contributed by atoms with Gasteiger partial charge in [0.1, 0.15) is 24.0 Å². The predicted molar refractivity (Wildman–Crippen MR) is 162 cm³/mol. The molecule has 3 unspecified atom stereocenters. The number of nitrogens with zero attached hydrogens (tertiary/aromatic N) is 2. The highest BCUT2D eigenvalue weighted by Gasteiger charge is 2.43. The molecular weight excluding hydrogens is 725 g/mol. The van der Waals surface area contributed by atoms with Crippen molar-refractivity contribution >= 4 is 35.2 Å². The van der Waals surface area contributed by atoms with Crippen molar-refractivity contribution in [2.75, 3.05) is 13.2 Å². The van der Waals surface area contributed by atoms with Crippen LogP contribution in [0.25, 0.3) is 0 Å². The van der Waals surface area contributed by atoms with Gasteiger partial charge in [-0.05, 0) is 25.8 Å². The molecule has 1 fully saturated rings. The summed E-state index contributed by atoms with van der Waals surface area (Å²) in [6.45, 7) is 0.729. The van der Waals surface area contributed by atoms with Crippen molar-refractivity contribution in [3.8, 4) is 11.8 Å². The Morgan fingerprint density at radius 1 is 1.16 bits per heavy atom. The number of ether oxygens (including phenoxy) is 2. The molecule has 1 aliphatic heterocycles. The number of unbranched alkanes of at least 4 members (excludes halogenated alkanes) is 2. The molecule has 0 bridgehead atoms. The summed E-state index contributed by atoms with van der Waals surface area (Å²) in [6, 6.07) is 5.86. The Morgan fingerprint density at radius 3 is 2.53 bits per heavy atom. The Labute approximate surface area is 275 Å². The van der Waals surface area contributed by atoms with Gasteiger partial charge in [-0.2, -0.15) is 8.62 Å². The summed E-state index contributed by atoms with van der Waals surface area (Å²) >= 11 is 0. The summed E-state index contributed by atoms with van der Waals surface area (Å²) in [6.07, 6.45) is -3.79. The van der Waals surface area contributed by atoms with Gasteiger partial charge in [0, 0.05) is 31.6 Å². The molecule has 25 heteroatoms. The third-order valence-corrected chi connectivity index (χ3v) is 10.2. The molecule has 0 radical (unpaired) electrons. The van der Waals surface area contributed by atoms with E-state index in [0.717, 1.165) is 10.8 Å². The van der Waals surface area contributed by atoms with E-state index in [2.05, 4.69) is 30.3 Å². The summed E-state index contributed by atoms with van der Waals surface area (Å²) in [7, 11) is -16.9. The minimum atomic E-state index is -5.76. The molecule has 22 nitrogen and oxygen atoms in total. The largest absolute Gasteiger partial charge is 0.490 e. The number of nitro benzene ring substituents is 1. The number of H-pyrrole nitrogens is 1. The van der Waals surface area contributed by atoms with Crippen molar-refractivity contribution < 1.29 is 70.7 Å². The van der Waals surface area contributed by atoms with E-state index in [9.17, 15) is 53.1 Å². The van der Waals surface area contributed by atoms with Crippen molar-refractivity contribution in [2.45, 2.75) is 57.1 Å². The van der Waals surface area contributed by atoms with Gasteiger partial charge in [0.05, 0.1) is 23.2 Å². The summed E-state index contributed by atoms with van der Waals surface area (Å²) in [5.74, 6) is 5.35. The van der Waals surface area contributed by atoms with E-state index in [1.807, 2.05) is 4.98 Å². The molecule has 1 aliphatic rings. The Bertz CT molecular complexity index is 1850. The fourth-order valence-corrected chi connectivity index (χ4v) is 7.27. The summed E-state index contributed by atoms with van der Waals surface area (Å²) in [4.78, 5) is 85.5. The molecule has 0 spiro atoms. The van der Waals surface area contributed by atoms with Gasteiger partial charge in [0.25, 0.3) is 11.2 Å².